The first-order valence-corrected chi connectivity index (χ1v) is 29.8. The summed E-state index contributed by atoms with van der Waals surface area (Å²) in [6, 6.07) is 117. The van der Waals surface area contributed by atoms with E-state index < -0.39 is 0 Å². The highest BCUT2D eigenvalue weighted by Gasteiger charge is 2.49. The molecule has 0 spiro atoms. The molecule has 18 rings (SSSR count). The standard InChI is InChI=1S/C78H52B2N6/c1-8-28-53(29-9-1)81(54-30-10-2-11-31-54)60-48-70-75-72(50-60)85(59-40-20-7-21-41-59)77-65(79(75)63-43-23-26-46-68(63)83(70)57-36-16-5-17-37-57)52-66-78-74(77)62-42-22-25-45-67(62)86(78)73-51-61(82(55-32-12-3-13-33-55)56-34-14-4-15-35-56)49-71-76(73)80(66)64-44-24-27-47-69(64)84(71)58-38-18-6-19-39-58/h1-52H. The highest BCUT2D eigenvalue weighted by molar-refractivity contribution is 7.03. The van der Waals surface area contributed by atoms with Gasteiger partial charge in [0.2, 0.25) is 0 Å². The van der Waals surface area contributed by atoms with Crippen molar-refractivity contribution in [1.29, 1.82) is 0 Å². The molecule has 400 valence electrons. The van der Waals surface area contributed by atoms with Crippen LogP contribution < -0.4 is 57.3 Å². The average Bonchev–Trinajstić information content (AvgIpc) is 1.34. The fourth-order valence-electron chi connectivity index (χ4n) is 14.9. The average molecular weight is 1090 g/mol. The Hall–Kier alpha value is -11.2. The largest absolute Gasteiger partial charge is 0.311 e. The van der Waals surface area contributed by atoms with Crippen LogP contribution in [0.1, 0.15) is 0 Å². The van der Waals surface area contributed by atoms with E-state index in [1.165, 1.54) is 71.8 Å². The van der Waals surface area contributed by atoms with E-state index in [9.17, 15) is 0 Å². The molecule has 0 atom stereocenters. The summed E-state index contributed by atoms with van der Waals surface area (Å²) in [5.41, 5.74) is 28.0. The topological polar surface area (TPSA) is 21.1 Å². The Morgan fingerprint density at radius 2 is 0.605 bits per heavy atom. The lowest BCUT2D eigenvalue weighted by molar-refractivity contribution is 1.16. The van der Waals surface area contributed by atoms with Crippen LogP contribution in [-0.4, -0.2) is 18.0 Å². The SMILES string of the molecule is c1ccc(N(c2ccccc2)c2cc3c4c(c2)N(c2ccccc2)c2c(cc5c6c2c2ccccc2n6-c2cc(N(c6ccccc6)c6ccccc6)cc6c2B5c2ccccc2N6c2ccccc2)B4c2ccccc2N3c2ccccc2)cc1. The van der Waals surface area contributed by atoms with Gasteiger partial charge in [-0.05, 0) is 160 Å². The molecule has 0 aliphatic carbocycles. The van der Waals surface area contributed by atoms with Gasteiger partial charge in [-0.25, -0.2) is 0 Å². The Bertz CT molecular complexity index is 4890. The molecule has 86 heavy (non-hydrogen) atoms. The van der Waals surface area contributed by atoms with Crippen LogP contribution >= 0.6 is 0 Å². The number of benzene rings is 13. The normalized spacial score (nSPS) is 13.0. The Balaban J connectivity index is 1.00. The molecule has 13 aromatic carbocycles. The molecule has 0 unspecified atom stereocenters. The molecule has 0 N–H and O–H groups in total. The van der Waals surface area contributed by atoms with Gasteiger partial charge in [-0.1, -0.05) is 188 Å². The third-order valence-corrected chi connectivity index (χ3v) is 18.2. The Morgan fingerprint density at radius 3 is 1.07 bits per heavy atom. The number of rotatable bonds is 9. The predicted octanol–water partition coefficient (Wildman–Crippen LogP) is 16.4. The van der Waals surface area contributed by atoms with E-state index in [0.717, 1.165) is 73.8 Å². The maximum atomic E-state index is 2.66. The van der Waals surface area contributed by atoms with Gasteiger partial charge in [-0.2, -0.15) is 0 Å². The van der Waals surface area contributed by atoms with Crippen LogP contribution in [0.2, 0.25) is 0 Å². The van der Waals surface area contributed by atoms with E-state index >= 15 is 0 Å². The fraction of sp³-hybridized carbons (Fsp3) is 0. The highest BCUT2D eigenvalue weighted by atomic mass is 15.2. The molecule has 5 heterocycles. The van der Waals surface area contributed by atoms with Gasteiger partial charge < -0.3 is 29.1 Å². The molecular formula is C78H52B2N6. The molecule has 14 aromatic rings. The fourth-order valence-corrected chi connectivity index (χ4v) is 14.9. The second kappa shape index (κ2) is 19.2. The van der Waals surface area contributed by atoms with E-state index in [4.69, 9.17) is 0 Å². The van der Waals surface area contributed by atoms with E-state index in [-0.39, 0.29) is 13.4 Å². The minimum atomic E-state index is -0.155. The van der Waals surface area contributed by atoms with Gasteiger partial charge in [-0.3, -0.25) is 0 Å². The van der Waals surface area contributed by atoms with Gasteiger partial charge in [0.25, 0.3) is 13.4 Å². The van der Waals surface area contributed by atoms with Crippen LogP contribution in [0.4, 0.5) is 85.3 Å². The molecule has 6 nitrogen and oxygen atoms in total. The third kappa shape index (κ3) is 7.10. The zero-order valence-electron chi connectivity index (χ0n) is 46.9. The van der Waals surface area contributed by atoms with E-state index in [2.05, 4.69) is 345 Å². The van der Waals surface area contributed by atoms with Gasteiger partial charge in [0, 0.05) is 84.7 Å². The lowest BCUT2D eigenvalue weighted by Crippen LogP contribution is -2.64. The van der Waals surface area contributed by atoms with E-state index in [0.29, 0.717) is 0 Å². The van der Waals surface area contributed by atoms with Gasteiger partial charge >= 0.3 is 0 Å². The Kier molecular flexibility index (Phi) is 10.8. The first-order valence-electron chi connectivity index (χ1n) is 29.8. The van der Waals surface area contributed by atoms with Crippen molar-refractivity contribution < 1.29 is 0 Å². The van der Waals surface area contributed by atoms with Crippen molar-refractivity contribution in [2.24, 2.45) is 0 Å². The molecule has 8 heteroatoms. The molecule has 4 aliphatic rings. The van der Waals surface area contributed by atoms with Crippen LogP contribution in [0.25, 0.3) is 27.5 Å². The Labute approximate surface area is 500 Å². The van der Waals surface area contributed by atoms with E-state index in [1.807, 2.05) is 0 Å². The summed E-state index contributed by atoms with van der Waals surface area (Å²) in [7, 11) is 0. The van der Waals surface area contributed by atoms with Crippen molar-refractivity contribution in [3.05, 3.63) is 315 Å². The van der Waals surface area contributed by atoms with E-state index in [1.54, 1.807) is 0 Å². The number of nitrogens with zero attached hydrogens (tertiary/aromatic N) is 6. The lowest BCUT2D eigenvalue weighted by Gasteiger charge is -2.46. The minimum Gasteiger partial charge on any atom is -0.311 e. The zero-order chi connectivity index (χ0) is 56.4. The predicted molar refractivity (Wildman–Crippen MR) is 364 cm³/mol. The summed E-state index contributed by atoms with van der Waals surface area (Å²) >= 11 is 0. The molecule has 0 saturated heterocycles. The number of hydrogen-bond donors (Lipinski definition) is 0. The summed E-state index contributed by atoms with van der Waals surface area (Å²) in [5, 5.41) is 2.45. The smallest absolute Gasteiger partial charge is 0.252 e. The number of anilines is 15. The van der Waals surface area contributed by atoms with Crippen LogP contribution in [0.3, 0.4) is 0 Å². The molecule has 4 aliphatic heterocycles. The summed E-state index contributed by atoms with van der Waals surface area (Å²) in [6.45, 7) is -0.284. The second-order valence-corrected chi connectivity index (χ2v) is 22.8. The Morgan fingerprint density at radius 1 is 0.256 bits per heavy atom. The molecule has 0 radical (unpaired) electrons. The summed E-state index contributed by atoms with van der Waals surface area (Å²) < 4.78 is 2.64. The maximum absolute atomic E-state index is 2.66. The van der Waals surface area contributed by atoms with Crippen molar-refractivity contribution in [3.63, 3.8) is 0 Å². The molecule has 0 saturated carbocycles. The van der Waals surface area contributed by atoms with Crippen LogP contribution in [0.5, 0.6) is 0 Å². The van der Waals surface area contributed by atoms with Crippen LogP contribution in [-0.2, 0) is 0 Å². The first kappa shape index (κ1) is 48.3. The maximum Gasteiger partial charge on any atom is 0.252 e. The lowest BCUT2D eigenvalue weighted by atomic mass is 9.30. The summed E-state index contributed by atoms with van der Waals surface area (Å²) in [6.07, 6.45) is 0. The first-order chi connectivity index (χ1) is 42.7. The quantitative estimate of drug-likeness (QED) is 0.134. The van der Waals surface area contributed by atoms with Gasteiger partial charge in [0.1, 0.15) is 0 Å². The number of fused-ring (bicyclic) bond motifs is 12. The van der Waals surface area contributed by atoms with Gasteiger partial charge in [-0.15, -0.1) is 0 Å². The number of aromatic nitrogens is 1. The molecule has 0 fully saturated rings. The molecule has 0 amide bonds. The van der Waals surface area contributed by atoms with Crippen LogP contribution in [0.15, 0.2) is 315 Å². The zero-order valence-corrected chi connectivity index (χ0v) is 46.9. The summed E-state index contributed by atoms with van der Waals surface area (Å²) in [5.74, 6) is 0. The number of hydrogen-bond acceptors (Lipinski definition) is 5. The molecule has 1 aromatic heterocycles. The van der Waals surface area contributed by atoms with Crippen molar-refractivity contribution >= 4 is 153 Å². The van der Waals surface area contributed by atoms with Crippen molar-refractivity contribution in [3.8, 4) is 5.69 Å². The second-order valence-electron chi connectivity index (χ2n) is 22.8. The van der Waals surface area contributed by atoms with Crippen molar-refractivity contribution in [1.82, 2.24) is 4.57 Å². The van der Waals surface area contributed by atoms with Gasteiger partial charge in [0.15, 0.2) is 0 Å². The van der Waals surface area contributed by atoms with Crippen molar-refractivity contribution in [2.45, 2.75) is 0 Å². The molecule has 0 bridgehead atoms. The summed E-state index contributed by atoms with van der Waals surface area (Å²) in [4.78, 5) is 12.5. The molecular weight excluding hydrogens is 1040 g/mol. The minimum absolute atomic E-state index is 0.130. The van der Waals surface area contributed by atoms with Crippen LogP contribution in [0, 0.1) is 0 Å². The monoisotopic (exact) mass is 1090 g/mol. The number of para-hydroxylation sites is 10. The van der Waals surface area contributed by atoms with Crippen molar-refractivity contribution in [2.75, 3.05) is 24.5 Å². The highest BCUT2D eigenvalue weighted by Crippen LogP contribution is 2.52. The third-order valence-electron chi connectivity index (χ3n) is 18.2. The van der Waals surface area contributed by atoms with Gasteiger partial charge in [0.05, 0.1) is 28.1 Å².